The normalized spacial score (nSPS) is 14.7. The lowest BCUT2D eigenvalue weighted by molar-refractivity contribution is -0.115. The van der Waals surface area contributed by atoms with Gasteiger partial charge in [-0.15, -0.1) is 0 Å². The number of amidine groups is 1. The Kier molecular flexibility index (Phi) is 30.9. The molecule has 0 aromatic heterocycles. The van der Waals surface area contributed by atoms with Crippen molar-refractivity contribution in [3.05, 3.63) is 0 Å². The highest BCUT2D eigenvalue weighted by Crippen LogP contribution is 2.17. The summed E-state index contributed by atoms with van der Waals surface area (Å²) in [6, 6.07) is 0. The number of rotatable bonds is 34. The number of amides is 1. The van der Waals surface area contributed by atoms with Crippen molar-refractivity contribution in [3.8, 4) is 0 Å². The summed E-state index contributed by atoms with van der Waals surface area (Å²) in [5.41, 5.74) is 0. The topological polar surface area (TPSA) is 35.9 Å². The molecule has 0 bridgehead atoms. The van der Waals surface area contributed by atoms with Gasteiger partial charge in [0.1, 0.15) is 5.84 Å². The van der Waals surface area contributed by atoms with Gasteiger partial charge >= 0.3 is 0 Å². The standard InChI is InChI=1S/C41H81N3O/c1-4-6-8-10-12-14-16-18-20-22-24-26-28-30-32-34-36-43-38-41(42-40(3)45)44(39-43)37-35-33-31-29-27-25-23-21-19-17-15-13-11-9-7-5-2/h4-39H2,1-3H3. The average Bonchev–Trinajstić information content (AvgIpc) is 3.40. The van der Waals surface area contributed by atoms with Crippen molar-refractivity contribution in [1.82, 2.24) is 9.80 Å². The molecule has 0 spiro atoms. The smallest absolute Gasteiger partial charge is 0.244 e. The minimum Gasteiger partial charge on any atom is -0.346 e. The molecular formula is C41H81N3O. The van der Waals surface area contributed by atoms with Crippen molar-refractivity contribution >= 4 is 11.7 Å². The third-order valence-electron chi connectivity index (χ3n) is 10.00. The van der Waals surface area contributed by atoms with Crippen LogP contribution in [0.2, 0.25) is 0 Å². The van der Waals surface area contributed by atoms with Gasteiger partial charge in [-0.3, -0.25) is 9.69 Å². The zero-order valence-corrected chi connectivity index (χ0v) is 31.2. The minimum atomic E-state index is -0.0498. The molecule has 0 unspecified atom stereocenters. The van der Waals surface area contributed by atoms with E-state index in [0.717, 1.165) is 32.1 Å². The fraction of sp³-hybridized carbons (Fsp3) is 0.951. The van der Waals surface area contributed by atoms with Crippen molar-refractivity contribution < 1.29 is 4.79 Å². The zero-order valence-electron chi connectivity index (χ0n) is 31.2. The number of hydrogen-bond donors (Lipinski definition) is 0. The Labute approximate surface area is 283 Å². The van der Waals surface area contributed by atoms with Crippen LogP contribution in [0.15, 0.2) is 4.99 Å². The lowest BCUT2D eigenvalue weighted by Gasteiger charge is -2.19. The number of aliphatic imine (C=N–C) groups is 1. The van der Waals surface area contributed by atoms with Gasteiger partial charge < -0.3 is 4.90 Å². The van der Waals surface area contributed by atoms with Crippen molar-refractivity contribution in [1.29, 1.82) is 0 Å². The van der Waals surface area contributed by atoms with Gasteiger partial charge in [0.05, 0.1) is 13.2 Å². The van der Waals surface area contributed by atoms with Crippen LogP contribution in [0.4, 0.5) is 0 Å². The molecule has 1 amide bonds. The van der Waals surface area contributed by atoms with Crippen LogP contribution in [0.5, 0.6) is 0 Å². The van der Waals surface area contributed by atoms with E-state index in [1.807, 2.05) is 0 Å². The van der Waals surface area contributed by atoms with Gasteiger partial charge in [0.15, 0.2) is 0 Å². The summed E-state index contributed by atoms with van der Waals surface area (Å²) in [6.45, 7) is 10.2. The molecule has 0 aromatic rings. The van der Waals surface area contributed by atoms with Gasteiger partial charge in [0.25, 0.3) is 0 Å². The quantitative estimate of drug-likeness (QED) is 0.0663. The molecule has 1 fully saturated rings. The highest BCUT2D eigenvalue weighted by molar-refractivity contribution is 5.95. The Morgan fingerprint density at radius 3 is 1.07 bits per heavy atom. The number of carbonyl (C=O) groups excluding carboxylic acids is 1. The largest absolute Gasteiger partial charge is 0.346 e. The maximum Gasteiger partial charge on any atom is 0.244 e. The third-order valence-corrected chi connectivity index (χ3v) is 10.00. The van der Waals surface area contributed by atoms with Crippen molar-refractivity contribution in [2.24, 2.45) is 4.99 Å². The van der Waals surface area contributed by atoms with E-state index < -0.39 is 0 Å². The van der Waals surface area contributed by atoms with Crippen LogP contribution in [0.25, 0.3) is 0 Å². The van der Waals surface area contributed by atoms with Crippen LogP contribution in [-0.4, -0.2) is 47.8 Å². The number of hydrogen-bond acceptors (Lipinski definition) is 2. The zero-order chi connectivity index (χ0) is 32.5. The lowest BCUT2D eigenvalue weighted by Crippen LogP contribution is -2.29. The van der Waals surface area contributed by atoms with E-state index in [1.165, 1.54) is 205 Å². The minimum absolute atomic E-state index is 0.0498. The molecule has 266 valence electrons. The summed E-state index contributed by atoms with van der Waals surface area (Å²) in [4.78, 5) is 21.0. The molecule has 0 radical (unpaired) electrons. The van der Waals surface area contributed by atoms with Gasteiger partial charge in [0, 0.05) is 20.0 Å². The molecule has 45 heavy (non-hydrogen) atoms. The van der Waals surface area contributed by atoms with Gasteiger partial charge in [-0.25, -0.2) is 0 Å². The number of unbranched alkanes of at least 4 members (excludes halogenated alkanes) is 30. The Hall–Kier alpha value is -0.900. The van der Waals surface area contributed by atoms with E-state index in [0.29, 0.717) is 0 Å². The predicted molar refractivity (Wildman–Crippen MR) is 200 cm³/mol. The summed E-state index contributed by atoms with van der Waals surface area (Å²) in [7, 11) is 0. The van der Waals surface area contributed by atoms with Crippen LogP contribution in [0.3, 0.4) is 0 Å². The predicted octanol–water partition coefficient (Wildman–Crippen LogP) is 13.0. The molecule has 1 heterocycles. The molecule has 0 aromatic carbocycles. The van der Waals surface area contributed by atoms with Crippen LogP contribution in [0.1, 0.15) is 226 Å². The Bertz CT molecular complexity index is 663. The molecule has 0 aliphatic carbocycles. The van der Waals surface area contributed by atoms with E-state index >= 15 is 0 Å². The SMILES string of the molecule is CCCCCCCCCCCCCCCCCCN1CC(=NC(C)=O)N(CCCCCCCCCCCCCCCCCC)C1. The van der Waals surface area contributed by atoms with Gasteiger partial charge in [-0.1, -0.05) is 206 Å². The second-order valence-electron chi connectivity index (χ2n) is 14.6. The second-order valence-corrected chi connectivity index (χ2v) is 14.6. The monoisotopic (exact) mass is 632 g/mol. The second kappa shape index (κ2) is 33.0. The van der Waals surface area contributed by atoms with E-state index in [-0.39, 0.29) is 5.91 Å². The number of carbonyl (C=O) groups is 1. The van der Waals surface area contributed by atoms with Gasteiger partial charge in [-0.2, -0.15) is 4.99 Å². The molecule has 4 heteroatoms. The number of nitrogens with zero attached hydrogens (tertiary/aromatic N) is 3. The molecule has 1 aliphatic rings. The van der Waals surface area contributed by atoms with Crippen LogP contribution < -0.4 is 0 Å². The summed E-state index contributed by atoms with van der Waals surface area (Å²) in [5.74, 6) is 0.964. The first-order valence-corrected chi connectivity index (χ1v) is 20.7. The highest BCUT2D eigenvalue weighted by atomic mass is 16.1. The van der Waals surface area contributed by atoms with Crippen LogP contribution >= 0.6 is 0 Å². The summed E-state index contributed by atoms with van der Waals surface area (Å²) in [5, 5.41) is 0. The van der Waals surface area contributed by atoms with Gasteiger partial charge in [-0.05, 0) is 12.8 Å². The first kappa shape index (κ1) is 42.1. The molecule has 0 saturated carbocycles. The fourth-order valence-electron chi connectivity index (χ4n) is 7.04. The van der Waals surface area contributed by atoms with Crippen molar-refractivity contribution in [2.75, 3.05) is 26.3 Å². The first-order chi connectivity index (χ1) is 22.2. The summed E-state index contributed by atoms with van der Waals surface area (Å²) in [6.07, 6.45) is 45.1. The molecule has 0 atom stereocenters. The van der Waals surface area contributed by atoms with Crippen molar-refractivity contribution in [3.63, 3.8) is 0 Å². The molecule has 1 aliphatic heterocycles. The maximum atomic E-state index is 11.8. The molecule has 4 nitrogen and oxygen atoms in total. The maximum absolute atomic E-state index is 11.8. The van der Waals surface area contributed by atoms with Crippen LogP contribution in [-0.2, 0) is 4.79 Å². The van der Waals surface area contributed by atoms with E-state index in [9.17, 15) is 4.79 Å². The molecule has 1 saturated heterocycles. The van der Waals surface area contributed by atoms with E-state index in [4.69, 9.17) is 0 Å². The van der Waals surface area contributed by atoms with Crippen LogP contribution in [0, 0.1) is 0 Å². The molecule has 1 rings (SSSR count). The molecular weight excluding hydrogens is 550 g/mol. The highest BCUT2D eigenvalue weighted by Gasteiger charge is 2.25. The molecule has 0 N–H and O–H groups in total. The van der Waals surface area contributed by atoms with E-state index in [1.54, 1.807) is 6.92 Å². The fourth-order valence-corrected chi connectivity index (χ4v) is 7.04. The lowest BCUT2D eigenvalue weighted by atomic mass is 10.0. The summed E-state index contributed by atoms with van der Waals surface area (Å²) >= 11 is 0. The third kappa shape index (κ3) is 27.9. The average molecular weight is 632 g/mol. The Morgan fingerprint density at radius 2 is 0.756 bits per heavy atom. The van der Waals surface area contributed by atoms with Crippen molar-refractivity contribution in [2.45, 2.75) is 226 Å². The summed E-state index contributed by atoms with van der Waals surface area (Å²) < 4.78 is 0. The Balaban J connectivity index is 1.96. The van der Waals surface area contributed by atoms with Gasteiger partial charge in [0.2, 0.25) is 5.91 Å². The van der Waals surface area contributed by atoms with E-state index in [2.05, 4.69) is 28.6 Å². The Morgan fingerprint density at radius 1 is 0.467 bits per heavy atom. The first-order valence-electron chi connectivity index (χ1n) is 20.7.